The lowest BCUT2D eigenvalue weighted by Gasteiger charge is -2.12. The van der Waals surface area contributed by atoms with E-state index in [9.17, 15) is 10.1 Å². The van der Waals surface area contributed by atoms with Gasteiger partial charge in [0.1, 0.15) is 18.2 Å². The molecule has 0 atom stereocenters. The van der Waals surface area contributed by atoms with Crippen molar-refractivity contribution in [3.8, 4) is 29.9 Å². The first kappa shape index (κ1) is 20.8. The van der Waals surface area contributed by atoms with E-state index in [0.717, 1.165) is 10.8 Å². The molecular weight excluding hydrogens is 400 g/mol. The van der Waals surface area contributed by atoms with Crippen LogP contribution in [0, 0.1) is 23.7 Å². The third-order valence-electron chi connectivity index (χ3n) is 4.27. The minimum atomic E-state index is -0.531. The van der Waals surface area contributed by atoms with E-state index in [2.05, 4.69) is 11.2 Å². The molecule has 3 aromatic rings. The molecule has 0 spiro atoms. The van der Waals surface area contributed by atoms with Crippen LogP contribution in [-0.4, -0.2) is 19.6 Å². The second kappa shape index (κ2) is 9.52. The molecule has 6 heteroatoms. The molecule has 3 aromatic carbocycles. The number of ether oxygens (including phenoxy) is 2. The quantitative estimate of drug-likeness (QED) is 0.346. The van der Waals surface area contributed by atoms with E-state index in [1.54, 1.807) is 18.2 Å². The molecule has 0 fully saturated rings. The molecule has 0 saturated heterocycles. The van der Waals surface area contributed by atoms with Crippen LogP contribution in [0.5, 0.6) is 11.5 Å². The van der Waals surface area contributed by atoms with Crippen LogP contribution >= 0.6 is 11.6 Å². The average Bonchev–Trinajstić information content (AvgIpc) is 2.76. The lowest BCUT2D eigenvalue weighted by Crippen LogP contribution is -2.13. The molecular formula is C24H17ClN2O3. The predicted molar refractivity (Wildman–Crippen MR) is 118 cm³/mol. The second-order valence-corrected chi connectivity index (χ2v) is 6.58. The fourth-order valence-corrected chi connectivity index (χ4v) is 3.19. The number of fused-ring (bicyclic) bond motifs is 1. The summed E-state index contributed by atoms with van der Waals surface area (Å²) in [5.74, 6) is 2.47. The second-order valence-electron chi connectivity index (χ2n) is 6.18. The number of carbonyl (C=O) groups excluding carboxylic acids is 1. The fraction of sp³-hybridized carbons (Fsp3) is 0.0833. The molecule has 0 bridgehead atoms. The average molecular weight is 417 g/mol. The zero-order valence-corrected chi connectivity index (χ0v) is 16.9. The fourth-order valence-electron chi connectivity index (χ4n) is 2.92. The standard InChI is InChI=1S/C24H17ClN2O3/c1-3-11-30-23-20(25)13-16(14-22(23)29-2)12-18(15-26)24(28)27-21-10-6-8-17-7-4-5-9-19(17)21/h1,4-10,12-14H,11H2,2H3,(H,27,28)/b18-12+. The first-order valence-electron chi connectivity index (χ1n) is 8.92. The number of methoxy groups -OCH3 is 1. The Morgan fingerprint density at radius 2 is 2.00 bits per heavy atom. The van der Waals surface area contributed by atoms with Gasteiger partial charge in [0.2, 0.25) is 0 Å². The van der Waals surface area contributed by atoms with E-state index in [0.29, 0.717) is 22.7 Å². The minimum absolute atomic E-state index is 0.0299. The van der Waals surface area contributed by atoms with Crippen molar-refractivity contribution in [2.24, 2.45) is 0 Å². The maximum atomic E-state index is 12.7. The number of anilines is 1. The normalized spacial score (nSPS) is 10.7. The van der Waals surface area contributed by atoms with Gasteiger partial charge >= 0.3 is 0 Å². The Hall–Kier alpha value is -3.93. The first-order chi connectivity index (χ1) is 14.6. The first-order valence-corrected chi connectivity index (χ1v) is 9.30. The number of amides is 1. The number of hydrogen-bond acceptors (Lipinski definition) is 4. The summed E-state index contributed by atoms with van der Waals surface area (Å²) >= 11 is 6.26. The molecule has 0 aliphatic carbocycles. The van der Waals surface area contributed by atoms with Crippen molar-refractivity contribution >= 4 is 40.0 Å². The van der Waals surface area contributed by atoms with E-state index < -0.39 is 5.91 Å². The zero-order chi connectivity index (χ0) is 21.5. The van der Waals surface area contributed by atoms with Crippen molar-refractivity contribution in [2.45, 2.75) is 0 Å². The van der Waals surface area contributed by atoms with Gasteiger partial charge in [0.05, 0.1) is 12.1 Å². The van der Waals surface area contributed by atoms with Gasteiger partial charge in [0.25, 0.3) is 5.91 Å². The molecule has 0 aliphatic rings. The molecule has 0 heterocycles. The van der Waals surface area contributed by atoms with E-state index in [1.165, 1.54) is 13.2 Å². The van der Waals surface area contributed by atoms with E-state index in [4.69, 9.17) is 27.5 Å². The highest BCUT2D eigenvalue weighted by molar-refractivity contribution is 6.32. The topological polar surface area (TPSA) is 71.3 Å². The maximum Gasteiger partial charge on any atom is 0.266 e. The third kappa shape index (κ3) is 4.55. The van der Waals surface area contributed by atoms with Gasteiger partial charge in [0, 0.05) is 11.1 Å². The molecule has 0 aliphatic heterocycles. The van der Waals surface area contributed by atoms with Crippen LogP contribution in [0.3, 0.4) is 0 Å². The van der Waals surface area contributed by atoms with Crippen molar-refractivity contribution in [2.75, 3.05) is 19.0 Å². The number of hydrogen-bond donors (Lipinski definition) is 1. The smallest absolute Gasteiger partial charge is 0.266 e. The van der Waals surface area contributed by atoms with Gasteiger partial charge in [0.15, 0.2) is 11.5 Å². The van der Waals surface area contributed by atoms with Crippen molar-refractivity contribution in [1.29, 1.82) is 5.26 Å². The molecule has 1 N–H and O–H groups in total. The van der Waals surface area contributed by atoms with Crippen LogP contribution in [0.2, 0.25) is 5.02 Å². The SMILES string of the molecule is C#CCOc1c(Cl)cc(/C=C(\C#N)C(=O)Nc2cccc3ccccc23)cc1OC. The van der Waals surface area contributed by atoms with Gasteiger partial charge < -0.3 is 14.8 Å². The number of terminal acetylenes is 1. The lowest BCUT2D eigenvalue weighted by atomic mass is 10.1. The van der Waals surface area contributed by atoms with E-state index >= 15 is 0 Å². The van der Waals surface area contributed by atoms with Gasteiger partial charge in [-0.2, -0.15) is 5.26 Å². The molecule has 3 rings (SSSR count). The number of nitrogens with zero attached hydrogens (tertiary/aromatic N) is 1. The minimum Gasteiger partial charge on any atom is -0.493 e. The molecule has 30 heavy (non-hydrogen) atoms. The Kier molecular flexibility index (Phi) is 6.60. The van der Waals surface area contributed by atoms with E-state index in [1.807, 2.05) is 42.5 Å². The highest BCUT2D eigenvalue weighted by Crippen LogP contribution is 2.37. The number of benzene rings is 3. The molecule has 1 amide bonds. The third-order valence-corrected chi connectivity index (χ3v) is 4.55. The number of halogens is 1. The van der Waals surface area contributed by atoms with Crippen molar-refractivity contribution in [3.05, 3.63) is 70.8 Å². The highest BCUT2D eigenvalue weighted by Gasteiger charge is 2.15. The lowest BCUT2D eigenvalue weighted by molar-refractivity contribution is -0.112. The molecule has 148 valence electrons. The Labute approximate surface area is 179 Å². The van der Waals surface area contributed by atoms with Gasteiger partial charge in [-0.25, -0.2) is 0 Å². The van der Waals surface area contributed by atoms with Crippen LogP contribution in [0.25, 0.3) is 16.8 Å². The molecule has 0 aromatic heterocycles. The zero-order valence-electron chi connectivity index (χ0n) is 16.1. The predicted octanol–water partition coefficient (Wildman–Crippen LogP) is 5.06. The van der Waals surface area contributed by atoms with Gasteiger partial charge in [-0.05, 0) is 35.2 Å². The summed E-state index contributed by atoms with van der Waals surface area (Å²) in [6.45, 7) is 0.0299. The molecule has 0 radical (unpaired) electrons. The summed E-state index contributed by atoms with van der Waals surface area (Å²) in [5.41, 5.74) is 1.04. The summed E-state index contributed by atoms with van der Waals surface area (Å²) < 4.78 is 10.7. The summed E-state index contributed by atoms with van der Waals surface area (Å²) in [5, 5.41) is 14.4. The van der Waals surface area contributed by atoms with Crippen molar-refractivity contribution < 1.29 is 14.3 Å². The summed E-state index contributed by atoms with van der Waals surface area (Å²) in [7, 11) is 1.46. The largest absolute Gasteiger partial charge is 0.493 e. The monoisotopic (exact) mass is 416 g/mol. The summed E-state index contributed by atoms with van der Waals surface area (Å²) in [6, 6.07) is 18.3. The number of carbonyl (C=O) groups is 1. The number of nitrogens with one attached hydrogen (secondary N) is 1. The number of nitriles is 1. The van der Waals surface area contributed by atoms with Crippen LogP contribution in [0.1, 0.15) is 5.56 Å². The summed E-state index contributed by atoms with van der Waals surface area (Å²) in [6.07, 6.45) is 6.64. The Balaban J connectivity index is 1.92. The van der Waals surface area contributed by atoms with Crippen LogP contribution in [0.4, 0.5) is 5.69 Å². The molecule has 0 saturated carbocycles. The summed E-state index contributed by atoms with van der Waals surface area (Å²) in [4.78, 5) is 12.7. The van der Waals surface area contributed by atoms with E-state index in [-0.39, 0.29) is 17.2 Å². The van der Waals surface area contributed by atoms with Crippen molar-refractivity contribution in [1.82, 2.24) is 0 Å². The number of rotatable bonds is 6. The van der Waals surface area contributed by atoms with Gasteiger partial charge in [-0.1, -0.05) is 53.9 Å². The Morgan fingerprint density at radius 3 is 2.73 bits per heavy atom. The molecule has 5 nitrogen and oxygen atoms in total. The Bertz CT molecular complexity index is 1210. The van der Waals surface area contributed by atoms with Crippen LogP contribution in [0.15, 0.2) is 60.2 Å². The van der Waals surface area contributed by atoms with Crippen LogP contribution < -0.4 is 14.8 Å². The van der Waals surface area contributed by atoms with Crippen molar-refractivity contribution in [3.63, 3.8) is 0 Å². The maximum absolute atomic E-state index is 12.7. The van der Waals surface area contributed by atoms with Gasteiger partial charge in [-0.3, -0.25) is 4.79 Å². The Morgan fingerprint density at radius 1 is 1.23 bits per heavy atom. The van der Waals surface area contributed by atoms with Gasteiger partial charge in [-0.15, -0.1) is 6.42 Å². The molecule has 0 unspecified atom stereocenters. The highest BCUT2D eigenvalue weighted by atomic mass is 35.5. The van der Waals surface area contributed by atoms with Crippen LogP contribution in [-0.2, 0) is 4.79 Å².